The van der Waals surface area contributed by atoms with Crippen LogP contribution >= 0.6 is 0 Å². The fourth-order valence-corrected chi connectivity index (χ4v) is 2.61. The van der Waals surface area contributed by atoms with Crippen LogP contribution in [0.25, 0.3) is 0 Å². The van der Waals surface area contributed by atoms with Crippen molar-refractivity contribution in [1.29, 1.82) is 0 Å². The molecule has 1 rings (SSSR count). The number of esters is 1. The van der Waals surface area contributed by atoms with E-state index in [0.717, 1.165) is 6.54 Å². The summed E-state index contributed by atoms with van der Waals surface area (Å²) in [4.78, 5) is 12.5. The first kappa shape index (κ1) is 21.5. The summed E-state index contributed by atoms with van der Waals surface area (Å²) in [5.41, 5.74) is -0.301. The Hall–Kier alpha value is -1.55. The summed E-state index contributed by atoms with van der Waals surface area (Å²) in [6.45, 7) is 16.7. The lowest BCUT2D eigenvalue weighted by Crippen LogP contribution is -2.45. The monoisotopic (exact) mass is 349 g/mol. The van der Waals surface area contributed by atoms with E-state index in [1.54, 1.807) is 6.92 Å². The number of rotatable bonds is 8. The average Bonchev–Trinajstić information content (AvgIpc) is 2.51. The summed E-state index contributed by atoms with van der Waals surface area (Å²) >= 11 is 0. The first-order chi connectivity index (χ1) is 11.5. The van der Waals surface area contributed by atoms with E-state index < -0.39 is 11.2 Å². The molecule has 0 radical (unpaired) electrons. The third-order valence-electron chi connectivity index (χ3n) is 4.18. The van der Waals surface area contributed by atoms with E-state index in [0.29, 0.717) is 24.1 Å². The van der Waals surface area contributed by atoms with Gasteiger partial charge in [-0.3, -0.25) is 0 Å². The molecule has 0 aromatic heterocycles. The summed E-state index contributed by atoms with van der Waals surface area (Å²) < 4.78 is 11.5. The standard InChI is InChI=1S/C21H35NO3/c1-9-21(8,19(23)25-20(5,6)7)24-17-13-11-16(12-14-17)18(15(3)4)22-10-2/h11-15,18,22H,9-10H2,1-8H3. The second-order valence-electron chi connectivity index (χ2n) is 8.04. The second kappa shape index (κ2) is 8.70. The van der Waals surface area contributed by atoms with Crippen molar-refractivity contribution < 1.29 is 14.3 Å². The summed E-state index contributed by atoms with van der Waals surface area (Å²) in [7, 11) is 0. The van der Waals surface area contributed by atoms with Gasteiger partial charge >= 0.3 is 5.97 Å². The molecule has 2 atom stereocenters. The highest BCUT2D eigenvalue weighted by molar-refractivity contribution is 5.79. The largest absolute Gasteiger partial charge is 0.476 e. The van der Waals surface area contributed by atoms with Crippen molar-refractivity contribution in [2.45, 2.75) is 79.1 Å². The number of ether oxygens (including phenoxy) is 2. The number of carbonyl (C=O) groups excluding carboxylic acids is 1. The highest BCUT2D eigenvalue weighted by atomic mass is 16.6. The zero-order chi connectivity index (χ0) is 19.3. The maximum Gasteiger partial charge on any atom is 0.350 e. The molecular formula is C21H35NO3. The molecule has 1 N–H and O–H groups in total. The molecule has 0 bridgehead atoms. The molecule has 1 aromatic carbocycles. The summed E-state index contributed by atoms with van der Waals surface area (Å²) in [6.07, 6.45) is 0.537. The maximum atomic E-state index is 12.5. The van der Waals surface area contributed by atoms with Crippen molar-refractivity contribution in [3.63, 3.8) is 0 Å². The molecular weight excluding hydrogens is 314 g/mol. The summed E-state index contributed by atoms with van der Waals surface area (Å²) in [6, 6.07) is 8.30. The Labute approximate surface area is 153 Å². The lowest BCUT2D eigenvalue weighted by atomic mass is 9.96. The minimum Gasteiger partial charge on any atom is -0.476 e. The zero-order valence-electron chi connectivity index (χ0n) is 17.1. The fraction of sp³-hybridized carbons (Fsp3) is 0.667. The van der Waals surface area contributed by atoms with Crippen molar-refractivity contribution in [3.8, 4) is 5.75 Å². The van der Waals surface area contributed by atoms with E-state index >= 15 is 0 Å². The number of benzene rings is 1. The van der Waals surface area contributed by atoms with Gasteiger partial charge in [-0.1, -0.05) is 39.8 Å². The Kier molecular flexibility index (Phi) is 7.48. The van der Waals surface area contributed by atoms with Gasteiger partial charge in [-0.15, -0.1) is 0 Å². The van der Waals surface area contributed by atoms with Gasteiger partial charge in [0, 0.05) is 6.04 Å². The second-order valence-corrected chi connectivity index (χ2v) is 8.04. The van der Waals surface area contributed by atoms with E-state index in [1.165, 1.54) is 5.56 Å². The smallest absolute Gasteiger partial charge is 0.350 e. The number of nitrogens with one attached hydrogen (secondary N) is 1. The third-order valence-corrected chi connectivity index (χ3v) is 4.18. The molecule has 142 valence electrons. The lowest BCUT2D eigenvalue weighted by Gasteiger charge is -2.31. The van der Waals surface area contributed by atoms with Crippen LogP contribution in [-0.4, -0.2) is 23.7 Å². The van der Waals surface area contributed by atoms with Crippen LogP contribution in [0.2, 0.25) is 0 Å². The Balaban J connectivity index is 2.92. The SMILES string of the molecule is CCNC(c1ccc(OC(C)(CC)C(=O)OC(C)(C)C)cc1)C(C)C. The van der Waals surface area contributed by atoms with Gasteiger partial charge in [0.05, 0.1) is 0 Å². The van der Waals surface area contributed by atoms with Crippen LogP contribution in [0.3, 0.4) is 0 Å². The quantitative estimate of drug-likeness (QED) is 0.679. The van der Waals surface area contributed by atoms with Gasteiger partial charge in [-0.2, -0.15) is 0 Å². The van der Waals surface area contributed by atoms with Crippen molar-refractivity contribution in [2.75, 3.05) is 6.54 Å². The van der Waals surface area contributed by atoms with Crippen molar-refractivity contribution in [3.05, 3.63) is 29.8 Å². The third kappa shape index (κ3) is 6.35. The van der Waals surface area contributed by atoms with Gasteiger partial charge in [-0.25, -0.2) is 4.79 Å². The van der Waals surface area contributed by atoms with Gasteiger partial charge in [-0.05, 0) is 64.3 Å². The highest BCUT2D eigenvalue weighted by Crippen LogP contribution is 2.28. The number of carbonyl (C=O) groups is 1. The topological polar surface area (TPSA) is 47.6 Å². The van der Waals surface area contributed by atoms with Gasteiger partial charge in [0.25, 0.3) is 0 Å². The molecule has 0 aliphatic carbocycles. The maximum absolute atomic E-state index is 12.5. The highest BCUT2D eigenvalue weighted by Gasteiger charge is 2.38. The van der Waals surface area contributed by atoms with Crippen LogP contribution in [0.5, 0.6) is 5.75 Å². The normalized spacial score (nSPS) is 15.6. The van der Waals surface area contributed by atoms with Gasteiger partial charge in [0.1, 0.15) is 11.4 Å². The Morgan fingerprint density at radius 2 is 1.64 bits per heavy atom. The average molecular weight is 350 g/mol. The Bertz CT molecular complexity index is 545. The predicted octanol–water partition coefficient (Wildman–Crippen LogP) is 4.88. The van der Waals surface area contributed by atoms with E-state index in [1.807, 2.05) is 39.8 Å². The van der Waals surface area contributed by atoms with E-state index in [2.05, 4.69) is 38.2 Å². The van der Waals surface area contributed by atoms with Crippen LogP contribution in [0.15, 0.2) is 24.3 Å². The molecule has 25 heavy (non-hydrogen) atoms. The molecule has 0 aliphatic rings. The minimum atomic E-state index is -0.992. The molecule has 0 heterocycles. The summed E-state index contributed by atoms with van der Waals surface area (Å²) in [5, 5.41) is 3.51. The number of hydrogen-bond acceptors (Lipinski definition) is 4. The van der Waals surface area contributed by atoms with Crippen LogP contribution in [0.1, 0.15) is 73.4 Å². The van der Waals surface area contributed by atoms with Gasteiger partial charge in [0.15, 0.2) is 0 Å². The first-order valence-corrected chi connectivity index (χ1v) is 9.28. The van der Waals surface area contributed by atoms with Crippen molar-refractivity contribution in [1.82, 2.24) is 5.32 Å². The lowest BCUT2D eigenvalue weighted by molar-refractivity contribution is -0.172. The minimum absolute atomic E-state index is 0.308. The van der Waals surface area contributed by atoms with Crippen LogP contribution in [0, 0.1) is 5.92 Å². The Morgan fingerprint density at radius 1 is 1.08 bits per heavy atom. The first-order valence-electron chi connectivity index (χ1n) is 9.28. The molecule has 1 aromatic rings. The Morgan fingerprint density at radius 3 is 2.04 bits per heavy atom. The number of hydrogen-bond donors (Lipinski definition) is 1. The van der Waals surface area contributed by atoms with E-state index in [4.69, 9.17) is 9.47 Å². The summed E-state index contributed by atoms with van der Waals surface area (Å²) in [5.74, 6) is 0.839. The van der Waals surface area contributed by atoms with Gasteiger partial charge in [0.2, 0.25) is 5.60 Å². The van der Waals surface area contributed by atoms with E-state index in [-0.39, 0.29) is 5.97 Å². The zero-order valence-corrected chi connectivity index (χ0v) is 17.1. The molecule has 0 aliphatic heterocycles. The fourth-order valence-electron chi connectivity index (χ4n) is 2.61. The van der Waals surface area contributed by atoms with Gasteiger partial charge < -0.3 is 14.8 Å². The predicted molar refractivity (Wildman–Crippen MR) is 103 cm³/mol. The van der Waals surface area contributed by atoms with Crippen molar-refractivity contribution >= 4 is 5.97 Å². The molecule has 0 amide bonds. The van der Waals surface area contributed by atoms with E-state index in [9.17, 15) is 4.79 Å². The van der Waals surface area contributed by atoms with Crippen LogP contribution < -0.4 is 10.1 Å². The molecule has 0 fully saturated rings. The van der Waals surface area contributed by atoms with Crippen LogP contribution in [-0.2, 0) is 9.53 Å². The molecule has 4 nitrogen and oxygen atoms in total. The molecule has 4 heteroatoms. The molecule has 0 saturated carbocycles. The van der Waals surface area contributed by atoms with Crippen LogP contribution in [0.4, 0.5) is 0 Å². The molecule has 0 spiro atoms. The van der Waals surface area contributed by atoms with Crippen molar-refractivity contribution in [2.24, 2.45) is 5.92 Å². The molecule has 2 unspecified atom stereocenters. The molecule has 0 saturated heterocycles.